The van der Waals surface area contributed by atoms with E-state index in [4.69, 9.17) is 4.98 Å². The van der Waals surface area contributed by atoms with Crippen molar-refractivity contribution in [1.29, 1.82) is 0 Å². The van der Waals surface area contributed by atoms with Crippen molar-refractivity contribution in [1.82, 2.24) is 38.7 Å². The highest BCUT2D eigenvalue weighted by Gasteiger charge is 2.33. The standard InChI is InChI=1S/C21H22N8O2S2/c1-12-7-13(2)24-21-16(12)17-18(32-21)20-25-19(26-29(20)11-22-17)14-5-4-6-28(9-14)33(30,31)15-8-23-27(3)10-15/h7-8,10-11,14H,4-6,9H2,1-3H3/t14-/m0/s1. The minimum atomic E-state index is -3.60. The van der Waals surface area contributed by atoms with Crippen molar-refractivity contribution in [2.24, 2.45) is 7.05 Å². The van der Waals surface area contributed by atoms with Crippen molar-refractivity contribution in [3.8, 4) is 0 Å². The summed E-state index contributed by atoms with van der Waals surface area (Å²) in [6.45, 7) is 4.89. The number of nitrogens with zero attached hydrogens (tertiary/aromatic N) is 8. The molecule has 12 heteroatoms. The summed E-state index contributed by atoms with van der Waals surface area (Å²) < 4.78 is 31.9. The van der Waals surface area contributed by atoms with Crippen molar-refractivity contribution < 1.29 is 8.42 Å². The molecular formula is C21H22N8O2S2. The number of sulfonamides is 1. The van der Waals surface area contributed by atoms with Crippen LogP contribution in [-0.2, 0) is 17.1 Å². The Balaban J connectivity index is 1.40. The van der Waals surface area contributed by atoms with Gasteiger partial charge in [-0.05, 0) is 38.3 Å². The second-order valence-corrected chi connectivity index (χ2v) is 11.5. The van der Waals surface area contributed by atoms with Crippen molar-refractivity contribution in [2.45, 2.75) is 37.5 Å². The first-order valence-corrected chi connectivity index (χ1v) is 13.0. The summed E-state index contributed by atoms with van der Waals surface area (Å²) >= 11 is 1.57. The molecule has 1 fully saturated rings. The molecule has 0 unspecified atom stereocenters. The van der Waals surface area contributed by atoms with E-state index in [1.807, 2.05) is 6.92 Å². The fraction of sp³-hybridized carbons (Fsp3) is 0.381. The highest BCUT2D eigenvalue weighted by molar-refractivity contribution is 7.89. The highest BCUT2D eigenvalue weighted by atomic mass is 32.2. The van der Waals surface area contributed by atoms with Gasteiger partial charge in [0.2, 0.25) is 10.0 Å². The minimum Gasteiger partial charge on any atom is -0.274 e. The summed E-state index contributed by atoms with van der Waals surface area (Å²) in [6, 6.07) is 2.06. The Morgan fingerprint density at radius 1 is 1.21 bits per heavy atom. The summed E-state index contributed by atoms with van der Waals surface area (Å²) in [5.41, 5.74) is 3.74. The van der Waals surface area contributed by atoms with Crippen LogP contribution in [0.25, 0.3) is 26.1 Å². The number of hydrogen-bond acceptors (Lipinski definition) is 8. The molecule has 0 saturated carbocycles. The Labute approximate surface area is 193 Å². The van der Waals surface area contributed by atoms with E-state index in [0.29, 0.717) is 18.9 Å². The van der Waals surface area contributed by atoms with Gasteiger partial charge in [0.15, 0.2) is 11.5 Å². The van der Waals surface area contributed by atoms with Crippen LogP contribution in [0.4, 0.5) is 0 Å². The third-order valence-corrected chi connectivity index (χ3v) is 9.06. The van der Waals surface area contributed by atoms with Gasteiger partial charge in [0, 0.05) is 43.3 Å². The van der Waals surface area contributed by atoms with Gasteiger partial charge in [0.25, 0.3) is 0 Å². The molecule has 10 nitrogen and oxygen atoms in total. The molecule has 5 aromatic rings. The minimum absolute atomic E-state index is 0.0865. The molecule has 0 bridgehead atoms. The lowest BCUT2D eigenvalue weighted by Crippen LogP contribution is -2.39. The molecule has 0 aromatic carbocycles. The number of fused-ring (bicyclic) bond motifs is 5. The van der Waals surface area contributed by atoms with Gasteiger partial charge in [0.05, 0.1) is 11.7 Å². The number of pyridine rings is 1. The Morgan fingerprint density at radius 2 is 2.06 bits per heavy atom. The average molecular weight is 483 g/mol. The molecule has 0 amide bonds. The van der Waals surface area contributed by atoms with E-state index in [1.165, 1.54) is 21.4 Å². The lowest BCUT2D eigenvalue weighted by Gasteiger charge is -2.30. The Kier molecular flexibility index (Phi) is 4.55. The number of piperidine rings is 1. The van der Waals surface area contributed by atoms with Gasteiger partial charge in [-0.25, -0.2) is 27.9 Å². The lowest BCUT2D eigenvalue weighted by atomic mass is 9.99. The first kappa shape index (κ1) is 20.6. The van der Waals surface area contributed by atoms with Crippen molar-refractivity contribution >= 4 is 47.4 Å². The van der Waals surface area contributed by atoms with Gasteiger partial charge in [-0.2, -0.15) is 9.40 Å². The van der Waals surface area contributed by atoms with Crippen molar-refractivity contribution in [3.05, 3.63) is 41.9 Å². The molecule has 1 aliphatic heterocycles. The molecule has 6 rings (SSSR count). The molecule has 0 spiro atoms. The fourth-order valence-corrected chi connectivity index (χ4v) is 7.35. The van der Waals surface area contributed by atoms with Crippen LogP contribution in [0.2, 0.25) is 0 Å². The molecule has 0 aliphatic carbocycles. The van der Waals surface area contributed by atoms with Crippen LogP contribution < -0.4 is 0 Å². The van der Waals surface area contributed by atoms with Gasteiger partial charge < -0.3 is 0 Å². The number of aromatic nitrogens is 7. The van der Waals surface area contributed by atoms with Gasteiger partial charge in [-0.15, -0.1) is 16.4 Å². The molecule has 33 heavy (non-hydrogen) atoms. The van der Waals surface area contributed by atoms with Gasteiger partial charge in [-0.3, -0.25) is 4.68 Å². The van der Waals surface area contributed by atoms with E-state index >= 15 is 0 Å². The van der Waals surface area contributed by atoms with Crippen LogP contribution in [0.1, 0.15) is 35.8 Å². The van der Waals surface area contributed by atoms with Crippen molar-refractivity contribution in [2.75, 3.05) is 13.1 Å². The van der Waals surface area contributed by atoms with E-state index in [-0.39, 0.29) is 10.8 Å². The van der Waals surface area contributed by atoms with Crippen molar-refractivity contribution in [3.63, 3.8) is 0 Å². The SMILES string of the molecule is Cc1cc(C)c2c(n1)sc1c2ncn2nc([C@H]3CCCN(S(=O)(=O)c4cnn(C)c4)C3)nc12. The highest BCUT2D eigenvalue weighted by Crippen LogP contribution is 2.36. The third-order valence-electron chi connectivity index (χ3n) is 6.18. The fourth-order valence-electron chi connectivity index (χ4n) is 4.61. The van der Waals surface area contributed by atoms with Crippen LogP contribution in [-0.4, -0.2) is 60.2 Å². The second kappa shape index (κ2) is 7.27. The van der Waals surface area contributed by atoms with Crippen LogP contribution in [0.5, 0.6) is 0 Å². The molecule has 0 radical (unpaired) electrons. The molecule has 5 aromatic heterocycles. The average Bonchev–Trinajstić information content (AvgIpc) is 3.49. The molecule has 0 N–H and O–H groups in total. The molecule has 170 valence electrons. The molecule has 1 atom stereocenters. The van der Waals surface area contributed by atoms with Gasteiger partial charge >= 0.3 is 0 Å². The molecule has 6 heterocycles. The lowest BCUT2D eigenvalue weighted by molar-refractivity contribution is 0.309. The smallest absolute Gasteiger partial charge is 0.246 e. The summed E-state index contributed by atoms with van der Waals surface area (Å²) in [4.78, 5) is 15.4. The first-order chi connectivity index (χ1) is 15.8. The largest absolute Gasteiger partial charge is 0.274 e. The Bertz CT molecular complexity index is 1650. The topological polar surface area (TPSA) is 111 Å². The van der Waals surface area contributed by atoms with Crippen LogP contribution in [0, 0.1) is 13.8 Å². The van der Waals surface area contributed by atoms with E-state index < -0.39 is 10.0 Å². The maximum absolute atomic E-state index is 13.1. The second-order valence-electron chi connectivity index (χ2n) is 8.58. The van der Waals surface area contributed by atoms with E-state index in [1.54, 1.807) is 29.2 Å². The maximum Gasteiger partial charge on any atom is 0.246 e. The Hall–Kier alpha value is -2.96. The monoisotopic (exact) mass is 482 g/mol. The van der Waals surface area contributed by atoms with Crippen LogP contribution >= 0.6 is 11.3 Å². The molecule has 1 aliphatic rings. The van der Waals surface area contributed by atoms with E-state index in [2.05, 4.69) is 33.2 Å². The summed E-state index contributed by atoms with van der Waals surface area (Å²) in [7, 11) is -1.90. The number of hydrogen-bond donors (Lipinski definition) is 0. The number of thiophene rings is 1. The zero-order valence-corrected chi connectivity index (χ0v) is 20.1. The third kappa shape index (κ3) is 3.23. The molecule has 1 saturated heterocycles. The maximum atomic E-state index is 13.1. The zero-order valence-electron chi connectivity index (χ0n) is 18.4. The van der Waals surface area contributed by atoms with Gasteiger partial charge in [-0.1, -0.05) is 0 Å². The van der Waals surface area contributed by atoms with Gasteiger partial charge in [0.1, 0.15) is 20.8 Å². The van der Waals surface area contributed by atoms with E-state index in [0.717, 1.165) is 50.2 Å². The molecular weight excluding hydrogens is 460 g/mol. The first-order valence-electron chi connectivity index (χ1n) is 10.7. The predicted octanol–water partition coefficient (Wildman–Crippen LogP) is 2.81. The number of aryl methyl sites for hydroxylation is 3. The summed E-state index contributed by atoms with van der Waals surface area (Å²) in [5, 5.41) is 9.75. The Morgan fingerprint density at radius 3 is 2.85 bits per heavy atom. The van der Waals surface area contributed by atoms with Crippen LogP contribution in [0.15, 0.2) is 29.7 Å². The summed E-state index contributed by atoms with van der Waals surface area (Å²) in [5.74, 6) is 0.560. The summed E-state index contributed by atoms with van der Waals surface area (Å²) in [6.07, 6.45) is 6.19. The predicted molar refractivity (Wildman–Crippen MR) is 125 cm³/mol. The van der Waals surface area contributed by atoms with E-state index in [9.17, 15) is 8.42 Å². The quantitative estimate of drug-likeness (QED) is 0.389. The van der Waals surface area contributed by atoms with Crippen LogP contribution in [0.3, 0.4) is 0 Å². The zero-order chi connectivity index (χ0) is 22.9. The number of rotatable bonds is 3. The normalized spacial score (nSPS) is 18.1.